The first-order valence-corrected chi connectivity index (χ1v) is 5.83. The fourth-order valence-electron chi connectivity index (χ4n) is 2.13. The number of nitrogens with two attached hydrogens (primary N) is 1. The molecule has 4 heteroatoms. The zero-order valence-electron chi connectivity index (χ0n) is 9.46. The predicted molar refractivity (Wildman–Crippen MR) is 59.4 cm³/mol. The van der Waals surface area contributed by atoms with Crippen LogP contribution in [-0.2, 0) is 4.79 Å². The summed E-state index contributed by atoms with van der Waals surface area (Å²) < 4.78 is 0. The van der Waals surface area contributed by atoms with Gasteiger partial charge >= 0.3 is 0 Å². The highest BCUT2D eigenvalue weighted by molar-refractivity contribution is 5.78. The summed E-state index contributed by atoms with van der Waals surface area (Å²) in [7, 11) is 0. The van der Waals surface area contributed by atoms with Crippen molar-refractivity contribution in [2.24, 2.45) is 11.1 Å². The molecule has 0 aromatic rings. The third kappa shape index (κ3) is 2.92. The molecule has 15 heavy (non-hydrogen) atoms. The minimum Gasteiger partial charge on any atom is -0.352 e. The zero-order chi connectivity index (χ0) is 10.9. The molecule has 0 aromatic carbocycles. The molecule has 1 unspecified atom stereocenters. The predicted octanol–water partition coefficient (Wildman–Crippen LogP) is -0.0643. The summed E-state index contributed by atoms with van der Waals surface area (Å²) in [5, 5.41) is 3.01. The van der Waals surface area contributed by atoms with Crippen molar-refractivity contribution in [1.29, 1.82) is 0 Å². The van der Waals surface area contributed by atoms with Crippen molar-refractivity contribution in [3.63, 3.8) is 0 Å². The van der Waals surface area contributed by atoms with Gasteiger partial charge in [-0.05, 0) is 37.8 Å². The van der Waals surface area contributed by atoms with Crippen LogP contribution in [0.3, 0.4) is 0 Å². The number of likely N-dealkylation sites (tertiary alicyclic amines) is 1. The average Bonchev–Trinajstić information content (AvgIpc) is 2.91. The SMILES string of the molecule is CC1(CN)CCN(CC(=O)NC2CC2)C1. The van der Waals surface area contributed by atoms with Gasteiger partial charge in [0, 0.05) is 12.6 Å². The minimum absolute atomic E-state index is 0.179. The zero-order valence-corrected chi connectivity index (χ0v) is 9.46. The Morgan fingerprint density at radius 3 is 2.87 bits per heavy atom. The molecule has 2 rings (SSSR count). The molecule has 1 aliphatic heterocycles. The molecule has 1 atom stereocenters. The molecular weight excluding hydrogens is 190 g/mol. The van der Waals surface area contributed by atoms with E-state index >= 15 is 0 Å². The topological polar surface area (TPSA) is 58.4 Å². The molecule has 1 aliphatic carbocycles. The van der Waals surface area contributed by atoms with E-state index in [1.165, 1.54) is 0 Å². The second-order valence-electron chi connectivity index (χ2n) is 5.32. The van der Waals surface area contributed by atoms with Gasteiger partial charge in [0.05, 0.1) is 6.54 Å². The van der Waals surface area contributed by atoms with Crippen LogP contribution in [-0.4, -0.2) is 43.0 Å². The van der Waals surface area contributed by atoms with Crippen LogP contribution in [0.1, 0.15) is 26.2 Å². The smallest absolute Gasteiger partial charge is 0.234 e. The van der Waals surface area contributed by atoms with E-state index in [1.807, 2.05) is 0 Å². The molecule has 86 valence electrons. The van der Waals surface area contributed by atoms with Crippen molar-refractivity contribution >= 4 is 5.91 Å². The third-order valence-corrected chi connectivity index (χ3v) is 3.44. The monoisotopic (exact) mass is 211 g/mol. The van der Waals surface area contributed by atoms with Crippen LogP contribution < -0.4 is 11.1 Å². The van der Waals surface area contributed by atoms with Crippen molar-refractivity contribution in [2.75, 3.05) is 26.2 Å². The van der Waals surface area contributed by atoms with E-state index in [1.54, 1.807) is 0 Å². The fourth-order valence-corrected chi connectivity index (χ4v) is 2.13. The lowest BCUT2D eigenvalue weighted by Crippen LogP contribution is -2.39. The molecule has 4 nitrogen and oxygen atoms in total. The number of hydrogen-bond acceptors (Lipinski definition) is 3. The molecule has 3 N–H and O–H groups in total. The fraction of sp³-hybridized carbons (Fsp3) is 0.909. The van der Waals surface area contributed by atoms with Crippen LogP contribution in [0.5, 0.6) is 0 Å². The van der Waals surface area contributed by atoms with E-state index < -0.39 is 0 Å². The lowest BCUT2D eigenvalue weighted by atomic mass is 9.90. The van der Waals surface area contributed by atoms with Crippen LogP contribution >= 0.6 is 0 Å². The first-order valence-electron chi connectivity index (χ1n) is 5.83. The van der Waals surface area contributed by atoms with E-state index in [4.69, 9.17) is 5.73 Å². The van der Waals surface area contributed by atoms with Crippen molar-refractivity contribution in [1.82, 2.24) is 10.2 Å². The van der Waals surface area contributed by atoms with Crippen molar-refractivity contribution < 1.29 is 4.79 Å². The summed E-state index contributed by atoms with van der Waals surface area (Å²) >= 11 is 0. The van der Waals surface area contributed by atoms with Crippen LogP contribution in [0, 0.1) is 5.41 Å². The minimum atomic E-state index is 0.179. The maximum Gasteiger partial charge on any atom is 0.234 e. The number of carbonyl (C=O) groups excluding carboxylic acids is 1. The van der Waals surface area contributed by atoms with Gasteiger partial charge in [0.15, 0.2) is 0 Å². The number of amides is 1. The molecule has 0 bridgehead atoms. The Hall–Kier alpha value is -0.610. The molecule has 0 radical (unpaired) electrons. The van der Waals surface area contributed by atoms with Crippen molar-refractivity contribution in [2.45, 2.75) is 32.2 Å². The first kappa shape index (κ1) is 10.9. The first-order chi connectivity index (χ1) is 7.11. The Morgan fingerprint density at radius 1 is 1.60 bits per heavy atom. The van der Waals surface area contributed by atoms with E-state index in [9.17, 15) is 4.79 Å². The Bertz CT molecular complexity index is 252. The molecule has 1 saturated carbocycles. The maximum absolute atomic E-state index is 11.6. The van der Waals surface area contributed by atoms with Gasteiger partial charge in [-0.25, -0.2) is 0 Å². The summed E-state index contributed by atoms with van der Waals surface area (Å²) in [4.78, 5) is 13.8. The quantitative estimate of drug-likeness (QED) is 0.684. The van der Waals surface area contributed by atoms with Crippen LogP contribution in [0.4, 0.5) is 0 Å². The lowest BCUT2D eigenvalue weighted by molar-refractivity contribution is -0.122. The maximum atomic E-state index is 11.6. The number of hydrogen-bond donors (Lipinski definition) is 2. The van der Waals surface area contributed by atoms with E-state index in [0.29, 0.717) is 19.1 Å². The molecular formula is C11H21N3O. The highest BCUT2D eigenvalue weighted by Crippen LogP contribution is 2.28. The summed E-state index contributed by atoms with van der Waals surface area (Å²) in [6, 6.07) is 0.473. The number of nitrogens with one attached hydrogen (secondary N) is 1. The van der Waals surface area contributed by atoms with Gasteiger partial charge in [-0.1, -0.05) is 6.92 Å². The lowest BCUT2D eigenvalue weighted by Gasteiger charge is -2.22. The van der Waals surface area contributed by atoms with Gasteiger partial charge in [-0.15, -0.1) is 0 Å². The second-order valence-corrected chi connectivity index (χ2v) is 5.32. The Morgan fingerprint density at radius 2 is 2.33 bits per heavy atom. The molecule has 1 amide bonds. The number of carbonyl (C=O) groups is 1. The normalized spacial score (nSPS) is 31.9. The summed E-state index contributed by atoms with van der Waals surface area (Å²) in [5.41, 5.74) is 5.95. The van der Waals surface area contributed by atoms with E-state index in [0.717, 1.165) is 32.4 Å². The summed E-state index contributed by atoms with van der Waals surface area (Å²) in [6.07, 6.45) is 3.43. The van der Waals surface area contributed by atoms with Crippen LogP contribution in [0.25, 0.3) is 0 Å². The molecule has 1 saturated heterocycles. The van der Waals surface area contributed by atoms with Gasteiger partial charge in [0.25, 0.3) is 0 Å². The highest BCUT2D eigenvalue weighted by atomic mass is 16.2. The number of rotatable bonds is 4. The molecule has 1 heterocycles. The summed E-state index contributed by atoms with van der Waals surface area (Å²) in [6.45, 7) is 5.43. The molecule has 2 aliphatic rings. The van der Waals surface area contributed by atoms with Gasteiger partial charge in [0.1, 0.15) is 0 Å². The summed E-state index contributed by atoms with van der Waals surface area (Å²) in [5.74, 6) is 0.179. The van der Waals surface area contributed by atoms with E-state index in [-0.39, 0.29) is 11.3 Å². The van der Waals surface area contributed by atoms with Crippen LogP contribution in [0.2, 0.25) is 0 Å². The highest BCUT2D eigenvalue weighted by Gasteiger charge is 2.33. The van der Waals surface area contributed by atoms with Gasteiger partial charge < -0.3 is 11.1 Å². The van der Waals surface area contributed by atoms with Gasteiger partial charge in [0.2, 0.25) is 5.91 Å². The Balaban J connectivity index is 1.73. The van der Waals surface area contributed by atoms with Gasteiger partial charge in [-0.3, -0.25) is 9.69 Å². The van der Waals surface area contributed by atoms with Crippen molar-refractivity contribution in [3.8, 4) is 0 Å². The second kappa shape index (κ2) is 4.10. The van der Waals surface area contributed by atoms with Crippen LogP contribution in [0.15, 0.2) is 0 Å². The Labute approximate surface area is 91.2 Å². The van der Waals surface area contributed by atoms with Crippen molar-refractivity contribution in [3.05, 3.63) is 0 Å². The Kier molecular flexibility index (Phi) is 2.98. The van der Waals surface area contributed by atoms with Gasteiger partial charge in [-0.2, -0.15) is 0 Å². The molecule has 0 aromatic heterocycles. The average molecular weight is 211 g/mol. The molecule has 2 fully saturated rings. The largest absolute Gasteiger partial charge is 0.352 e. The molecule has 0 spiro atoms. The van der Waals surface area contributed by atoms with E-state index in [2.05, 4.69) is 17.1 Å². The third-order valence-electron chi connectivity index (χ3n) is 3.44. The standard InChI is InChI=1S/C11H21N3O/c1-11(7-12)4-5-14(8-11)6-10(15)13-9-2-3-9/h9H,2-8,12H2,1H3,(H,13,15). The number of nitrogens with zero attached hydrogens (tertiary/aromatic N) is 1.